The van der Waals surface area contributed by atoms with Gasteiger partial charge in [-0.05, 0) is 31.2 Å². The second kappa shape index (κ2) is 3.84. The van der Waals surface area contributed by atoms with E-state index in [1.807, 2.05) is 0 Å². The van der Waals surface area contributed by atoms with Crippen LogP contribution in [0.2, 0.25) is 0 Å². The molecule has 2 aliphatic rings. The Labute approximate surface area is 96.2 Å². The Morgan fingerprint density at radius 1 is 1.25 bits per heavy atom. The van der Waals surface area contributed by atoms with Crippen molar-refractivity contribution < 1.29 is 0 Å². The zero-order valence-electron chi connectivity index (χ0n) is 10.0. The smallest absolute Gasteiger partial charge is 0.153 e. The van der Waals surface area contributed by atoms with Crippen LogP contribution in [0.1, 0.15) is 50.2 Å². The van der Waals surface area contributed by atoms with Gasteiger partial charge in [-0.3, -0.25) is 5.10 Å². The van der Waals surface area contributed by atoms with Crippen LogP contribution in [0.25, 0.3) is 0 Å². The van der Waals surface area contributed by atoms with Crippen LogP contribution in [0.15, 0.2) is 0 Å². The fourth-order valence-corrected chi connectivity index (χ4v) is 2.73. The molecule has 0 bridgehead atoms. The molecule has 1 saturated carbocycles. The molecule has 4 heteroatoms. The molecule has 1 aliphatic heterocycles. The monoisotopic (exact) mass is 220 g/mol. The van der Waals surface area contributed by atoms with Gasteiger partial charge in [-0.25, -0.2) is 4.98 Å². The van der Waals surface area contributed by atoms with Gasteiger partial charge in [-0.1, -0.05) is 13.8 Å². The summed E-state index contributed by atoms with van der Waals surface area (Å²) in [5.74, 6) is 4.76. The summed E-state index contributed by atoms with van der Waals surface area (Å²) < 4.78 is 0. The van der Waals surface area contributed by atoms with Crippen molar-refractivity contribution in [2.75, 3.05) is 13.1 Å². The van der Waals surface area contributed by atoms with E-state index in [9.17, 15) is 0 Å². The topological polar surface area (TPSA) is 53.6 Å². The summed E-state index contributed by atoms with van der Waals surface area (Å²) in [6.07, 6.45) is 2.82. The normalized spacial score (nSPS) is 30.2. The number of rotatable bonds is 3. The van der Waals surface area contributed by atoms with E-state index in [2.05, 4.69) is 34.3 Å². The highest BCUT2D eigenvalue weighted by atomic mass is 15.2. The van der Waals surface area contributed by atoms with Crippen LogP contribution in [0.5, 0.6) is 0 Å². The van der Waals surface area contributed by atoms with Crippen molar-refractivity contribution in [2.45, 2.75) is 38.5 Å². The van der Waals surface area contributed by atoms with E-state index >= 15 is 0 Å². The molecule has 1 saturated heterocycles. The van der Waals surface area contributed by atoms with Gasteiger partial charge < -0.3 is 5.32 Å². The van der Waals surface area contributed by atoms with E-state index < -0.39 is 0 Å². The third-order valence-corrected chi connectivity index (χ3v) is 3.88. The van der Waals surface area contributed by atoms with Crippen LogP contribution in [0.3, 0.4) is 0 Å². The molecule has 1 aromatic rings. The standard InChI is InChI=1S/C12H20N4/c1-7(2)11-14-12(16-15-11)10-6-13-5-9(10)8-3-4-8/h7-10,13H,3-6H2,1-2H3,(H,14,15,16)/t9-,10+/m1/s1. The zero-order valence-corrected chi connectivity index (χ0v) is 10.0. The number of nitrogens with zero attached hydrogens (tertiary/aromatic N) is 2. The molecule has 0 aromatic carbocycles. The second-order valence-electron chi connectivity index (χ2n) is 5.50. The van der Waals surface area contributed by atoms with Crippen LogP contribution in [-0.4, -0.2) is 28.3 Å². The van der Waals surface area contributed by atoms with Gasteiger partial charge in [0.1, 0.15) is 5.82 Å². The van der Waals surface area contributed by atoms with E-state index in [1.54, 1.807) is 0 Å². The van der Waals surface area contributed by atoms with Crippen LogP contribution >= 0.6 is 0 Å². The minimum atomic E-state index is 0.415. The van der Waals surface area contributed by atoms with Crippen molar-refractivity contribution >= 4 is 0 Å². The highest BCUT2D eigenvalue weighted by Gasteiger charge is 2.41. The Bertz CT molecular complexity index is 367. The molecule has 4 nitrogen and oxygen atoms in total. The number of hydrogen-bond acceptors (Lipinski definition) is 3. The Hall–Kier alpha value is -0.900. The molecule has 0 spiro atoms. The number of nitrogens with one attached hydrogen (secondary N) is 2. The van der Waals surface area contributed by atoms with Crippen molar-refractivity contribution in [3.8, 4) is 0 Å². The Morgan fingerprint density at radius 2 is 2.06 bits per heavy atom. The first-order valence-electron chi connectivity index (χ1n) is 6.38. The first-order chi connectivity index (χ1) is 7.75. The second-order valence-corrected chi connectivity index (χ2v) is 5.50. The molecule has 1 aliphatic carbocycles. The number of hydrogen-bond donors (Lipinski definition) is 2. The molecule has 2 atom stereocenters. The molecule has 16 heavy (non-hydrogen) atoms. The predicted octanol–water partition coefficient (Wildman–Crippen LogP) is 1.64. The lowest BCUT2D eigenvalue weighted by Crippen LogP contribution is -2.14. The molecule has 2 heterocycles. The summed E-state index contributed by atoms with van der Waals surface area (Å²) >= 11 is 0. The molecule has 1 aromatic heterocycles. The van der Waals surface area contributed by atoms with Crippen molar-refractivity contribution in [1.29, 1.82) is 0 Å². The van der Waals surface area contributed by atoms with Gasteiger partial charge in [0.25, 0.3) is 0 Å². The van der Waals surface area contributed by atoms with Gasteiger partial charge in [0.05, 0.1) is 0 Å². The Kier molecular flexibility index (Phi) is 2.46. The van der Waals surface area contributed by atoms with Crippen LogP contribution < -0.4 is 5.32 Å². The summed E-state index contributed by atoms with van der Waals surface area (Å²) in [7, 11) is 0. The summed E-state index contributed by atoms with van der Waals surface area (Å²) in [5.41, 5.74) is 0. The van der Waals surface area contributed by atoms with E-state index in [4.69, 9.17) is 0 Å². The molecule has 3 rings (SSSR count). The predicted molar refractivity (Wildman–Crippen MR) is 62.3 cm³/mol. The van der Waals surface area contributed by atoms with E-state index in [-0.39, 0.29) is 0 Å². The minimum Gasteiger partial charge on any atom is -0.316 e. The average Bonchev–Trinajstić information content (AvgIpc) is 2.83. The van der Waals surface area contributed by atoms with Gasteiger partial charge in [0.2, 0.25) is 0 Å². The van der Waals surface area contributed by atoms with Gasteiger partial charge in [0, 0.05) is 18.4 Å². The summed E-state index contributed by atoms with van der Waals surface area (Å²) in [6.45, 7) is 6.50. The Morgan fingerprint density at radius 3 is 2.69 bits per heavy atom. The largest absolute Gasteiger partial charge is 0.316 e. The lowest BCUT2D eigenvalue weighted by Gasteiger charge is -2.14. The number of H-pyrrole nitrogens is 1. The first-order valence-corrected chi connectivity index (χ1v) is 6.38. The summed E-state index contributed by atoms with van der Waals surface area (Å²) in [6, 6.07) is 0. The van der Waals surface area contributed by atoms with Gasteiger partial charge in [-0.15, -0.1) is 0 Å². The van der Waals surface area contributed by atoms with E-state index in [0.29, 0.717) is 11.8 Å². The van der Waals surface area contributed by atoms with Crippen molar-refractivity contribution in [2.24, 2.45) is 11.8 Å². The van der Waals surface area contributed by atoms with Crippen LogP contribution in [0, 0.1) is 11.8 Å². The summed E-state index contributed by atoms with van der Waals surface area (Å²) in [4.78, 5) is 4.65. The average molecular weight is 220 g/mol. The fraction of sp³-hybridized carbons (Fsp3) is 0.833. The van der Waals surface area contributed by atoms with E-state index in [0.717, 1.165) is 36.6 Å². The lowest BCUT2D eigenvalue weighted by atomic mass is 9.91. The molecule has 2 fully saturated rings. The molecular weight excluding hydrogens is 200 g/mol. The zero-order chi connectivity index (χ0) is 11.1. The molecule has 0 radical (unpaired) electrons. The van der Waals surface area contributed by atoms with E-state index in [1.165, 1.54) is 12.8 Å². The maximum Gasteiger partial charge on any atom is 0.153 e. The van der Waals surface area contributed by atoms with Gasteiger partial charge in [0.15, 0.2) is 5.82 Å². The highest BCUT2D eigenvalue weighted by molar-refractivity contribution is 5.08. The first kappa shape index (κ1) is 10.3. The van der Waals surface area contributed by atoms with Crippen molar-refractivity contribution in [3.05, 3.63) is 11.6 Å². The van der Waals surface area contributed by atoms with Crippen molar-refractivity contribution in [3.63, 3.8) is 0 Å². The third kappa shape index (κ3) is 1.75. The van der Waals surface area contributed by atoms with Gasteiger partial charge >= 0.3 is 0 Å². The molecule has 0 amide bonds. The maximum absolute atomic E-state index is 4.65. The molecule has 2 N–H and O–H groups in total. The summed E-state index contributed by atoms with van der Waals surface area (Å²) in [5, 5.41) is 10.9. The highest BCUT2D eigenvalue weighted by Crippen LogP contribution is 2.44. The van der Waals surface area contributed by atoms with Gasteiger partial charge in [-0.2, -0.15) is 5.10 Å². The van der Waals surface area contributed by atoms with Crippen LogP contribution in [-0.2, 0) is 0 Å². The maximum atomic E-state index is 4.65. The number of aromatic amines is 1. The quantitative estimate of drug-likeness (QED) is 0.814. The number of aromatic nitrogens is 3. The molecular formula is C12H20N4. The molecule has 88 valence electrons. The fourth-order valence-electron chi connectivity index (χ4n) is 2.73. The van der Waals surface area contributed by atoms with Crippen molar-refractivity contribution in [1.82, 2.24) is 20.5 Å². The SMILES string of the molecule is CC(C)c1n[nH]c([C@H]2CNC[C@@H]2C2CC2)n1. The lowest BCUT2D eigenvalue weighted by molar-refractivity contribution is 0.443. The minimum absolute atomic E-state index is 0.415. The molecule has 0 unspecified atom stereocenters. The third-order valence-electron chi connectivity index (χ3n) is 3.88. The Balaban J connectivity index is 1.79. The van der Waals surface area contributed by atoms with Crippen LogP contribution in [0.4, 0.5) is 0 Å².